The Labute approximate surface area is 160 Å². The van der Waals surface area contributed by atoms with Crippen molar-refractivity contribution in [2.45, 2.75) is 25.8 Å². The van der Waals surface area contributed by atoms with Crippen LogP contribution in [-0.2, 0) is 11.3 Å². The van der Waals surface area contributed by atoms with Crippen molar-refractivity contribution in [3.8, 4) is 0 Å². The molecule has 6 nitrogen and oxygen atoms in total. The normalized spacial score (nSPS) is 18.9. The zero-order chi connectivity index (χ0) is 19.1. The Morgan fingerprint density at radius 1 is 1.19 bits per heavy atom. The summed E-state index contributed by atoms with van der Waals surface area (Å²) < 4.78 is 13.7. The molecule has 0 spiro atoms. The number of hydrogen-bond donors (Lipinski definition) is 2. The maximum Gasteiger partial charge on any atom is 0.225 e. The van der Waals surface area contributed by atoms with E-state index >= 15 is 0 Å². The lowest BCUT2D eigenvalue weighted by atomic mass is 9.84. The molecule has 0 bridgehead atoms. The average molecular weight is 375 g/mol. The molecule has 1 aromatic carbocycles. The van der Waals surface area contributed by atoms with Crippen LogP contribution >= 0.6 is 0 Å². The summed E-state index contributed by atoms with van der Waals surface area (Å²) >= 11 is 0. The number of aliphatic imine (C=N–C) groups is 1. The van der Waals surface area contributed by atoms with Crippen molar-refractivity contribution in [1.29, 1.82) is 0 Å². The first-order valence-corrected chi connectivity index (χ1v) is 9.86. The van der Waals surface area contributed by atoms with Gasteiger partial charge in [-0.25, -0.2) is 4.39 Å². The number of hydrogen-bond acceptors (Lipinski definition) is 3. The van der Waals surface area contributed by atoms with Gasteiger partial charge in [-0.3, -0.25) is 14.7 Å². The van der Waals surface area contributed by atoms with Crippen LogP contribution in [0.5, 0.6) is 0 Å². The molecule has 7 heteroatoms. The molecule has 148 valence electrons. The minimum atomic E-state index is -0.213. The van der Waals surface area contributed by atoms with Gasteiger partial charge >= 0.3 is 0 Å². The number of piperazine rings is 1. The maximum absolute atomic E-state index is 13.7. The molecule has 1 aromatic rings. The van der Waals surface area contributed by atoms with Gasteiger partial charge in [-0.15, -0.1) is 0 Å². The van der Waals surface area contributed by atoms with Gasteiger partial charge in [0, 0.05) is 64.3 Å². The Balaban J connectivity index is 1.33. The minimum Gasteiger partial charge on any atom is -0.355 e. The number of carbonyl (C=O) groups excluding carboxylic acids is 1. The van der Waals surface area contributed by atoms with Crippen molar-refractivity contribution >= 4 is 11.9 Å². The van der Waals surface area contributed by atoms with E-state index in [-0.39, 0.29) is 5.82 Å². The summed E-state index contributed by atoms with van der Waals surface area (Å²) in [6, 6.07) is 6.74. The van der Waals surface area contributed by atoms with Crippen molar-refractivity contribution in [2.24, 2.45) is 10.9 Å². The van der Waals surface area contributed by atoms with Gasteiger partial charge in [0.25, 0.3) is 0 Å². The van der Waals surface area contributed by atoms with E-state index < -0.39 is 0 Å². The molecule has 2 aliphatic rings. The van der Waals surface area contributed by atoms with Gasteiger partial charge in [0.15, 0.2) is 5.96 Å². The van der Waals surface area contributed by atoms with E-state index in [4.69, 9.17) is 0 Å². The highest BCUT2D eigenvalue weighted by Gasteiger charge is 2.30. The van der Waals surface area contributed by atoms with E-state index in [1.54, 1.807) is 19.2 Å². The predicted octanol–water partition coefficient (Wildman–Crippen LogP) is 1.44. The first-order chi connectivity index (χ1) is 13.2. The van der Waals surface area contributed by atoms with E-state index in [1.807, 2.05) is 11.0 Å². The molecule has 1 saturated carbocycles. The Morgan fingerprint density at radius 2 is 1.93 bits per heavy atom. The number of rotatable bonds is 6. The van der Waals surface area contributed by atoms with Crippen LogP contribution in [0.15, 0.2) is 29.3 Å². The van der Waals surface area contributed by atoms with Gasteiger partial charge in [-0.2, -0.15) is 0 Å². The molecule has 2 N–H and O–H groups in total. The summed E-state index contributed by atoms with van der Waals surface area (Å²) in [7, 11) is 1.71. The van der Waals surface area contributed by atoms with Crippen LogP contribution in [0.25, 0.3) is 0 Å². The van der Waals surface area contributed by atoms with Crippen molar-refractivity contribution < 1.29 is 9.18 Å². The fourth-order valence-corrected chi connectivity index (χ4v) is 3.48. The van der Waals surface area contributed by atoms with Crippen LogP contribution in [-0.4, -0.2) is 68.0 Å². The van der Waals surface area contributed by atoms with Gasteiger partial charge in [-0.05, 0) is 18.9 Å². The Morgan fingerprint density at radius 3 is 2.56 bits per heavy atom. The predicted molar refractivity (Wildman–Crippen MR) is 105 cm³/mol. The summed E-state index contributed by atoms with van der Waals surface area (Å²) in [5.41, 5.74) is 0.618. The van der Waals surface area contributed by atoms with Crippen molar-refractivity contribution in [3.63, 3.8) is 0 Å². The third kappa shape index (κ3) is 5.42. The first-order valence-electron chi connectivity index (χ1n) is 9.86. The molecule has 0 aromatic heterocycles. The van der Waals surface area contributed by atoms with E-state index in [9.17, 15) is 9.18 Å². The largest absolute Gasteiger partial charge is 0.355 e. The van der Waals surface area contributed by atoms with Crippen LogP contribution in [0.4, 0.5) is 4.39 Å². The monoisotopic (exact) mass is 375 g/mol. The second-order valence-electron chi connectivity index (χ2n) is 7.24. The maximum atomic E-state index is 13.7. The van der Waals surface area contributed by atoms with E-state index in [1.165, 1.54) is 12.5 Å². The molecule has 2 fully saturated rings. The molecule has 1 saturated heterocycles. The molecule has 0 unspecified atom stereocenters. The number of halogens is 1. The summed E-state index contributed by atoms with van der Waals surface area (Å²) in [4.78, 5) is 20.9. The number of amides is 1. The number of guanidine groups is 1. The summed E-state index contributed by atoms with van der Waals surface area (Å²) in [6.45, 7) is 5.54. The Kier molecular flexibility index (Phi) is 7.04. The molecule has 3 rings (SSSR count). The molecule has 1 aliphatic carbocycles. The average Bonchev–Trinajstić information content (AvgIpc) is 2.64. The summed E-state index contributed by atoms with van der Waals surface area (Å²) in [5, 5.41) is 6.41. The van der Waals surface area contributed by atoms with Crippen LogP contribution in [0.3, 0.4) is 0 Å². The lowest BCUT2D eigenvalue weighted by molar-refractivity contribution is -0.139. The SMILES string of the molecule is CN=C(NCCN1CCN(C(=O)C2CCC2)CC1)NCc1ccccc1F. The molecule has 0 radical (unpaired) electrons. The zero-order valence-corrected chi connectivity index (χ0v) is 16.1. The summed E-state index contributed by atoms with van der Waals surface area (Å²) in [6.07, 6.45) is 3.35. The Hall–Kier alpha value is -2.15. The van der Waals surface area contributed by atoms with Crippen molar-refractivity contribution in [1.82, 2.24) is 20.4 Å². The standard InChI is InChI=1S/C20H30FN5O/c1-22-20(24-15-17-5-2-3-8-18(17)21)23-9-10-25-11-13-26(14-12-25)19(27)16-6-4-7-16/h2-3,5,8,16H,4,6-7,9-15H2,1H3,(H2,22,23,24). The van der Waals surface area contributed by atoms with Gasteiger partial charge < -0.3 is 15.5 Å². The molecular formula is C20H30FN5O. The van der Waals surface area contributed by atoms with Gasteiger partial charge in [0.05, 0.1) is 0 Å². The second-order valence-corrected chi connectivity index (χ2v) is 7.24. The number of carbonyl (C=O) groups is 1. The third-order valence-corrected chi connectivity index (χ3v) is 5.49. The van der Waals surface area contributed by atoms with Crippen LogP contribution in [0, 0.1) is 11.7 Å². The topological polar surface area (TPSA) is 60.0 Å². The molecule has 27 heavy (non-hydrogen) atoms. The third-order valence-electron chi connectivity index (χ3n) is 5.49. The van der Waals surface area contributed by atoms with Crippen molar-refractivity contribution in [2.75, 3.05) is 46.3 Å². The lowest BCUT2D eigenvalue weighted by Gasteiger charge is -2.38. The van der Waals surface area contributed by atoms with Gasteiger partial charge in [0.2, 0.25) is 5.91 Å². The van der Waals surface area contributed by atoms with Crippen LogP contribution in [0.1, 0.15) is 24.8 Å². The van der Waals surface area contributed by atoms with E-state index in [2.05, 4.69) is 20.5 Å². The highest BCUT2D eigenvalue weighted by atomic mass is 19.1. The smallest absolute Gasteiger partial charge is 0.225 e. The second kappa shape index (κ2) is 9.69. The number of nitrogens with zero attached hydrogens (tertiary/aromatic N) is 3. The molecule has 0 atom stereocenters. The fourth-order valence-electron chi connectivity index (χ4n) is 3.48. The number of nitrogens with one attached hydrogen (secondary N) is 2. The molecule has 1 amide bonds. The fraction of sp³-hybridized carbons (Fsp3) is 0.600. The quantitative estimate of drug-likeness (QED) is 0.583. The lowest BCUT2D eigenvalue weighted by Crippen LogP contribution is -2.52. The molecule has 1 aliphatic heterocycles. The van der Waals surface area contributed by atoms with E-state index in [0.717, 1.165) is 52.1 Å². The van der Waals surface area contributed by atoms with Gasteiger partial charge in [0.1, 0.15) is 5.82 Å². The minimum absolute atomic E-state index is 0.213. The van der Waals surface area contributed by atoms with E-state index in [0.29, 0.717) is 29.9 Å². The number of benzene rings is 1. The molecular weight excluding hydrogens is 345 g/mol. The zero-order valence-electron chi connectivity index (χ0n) is 16.1. The van der Waals surface area contributed by atoms with Gasteiger partial charge in [-0.1, -0.05) is 24.6 Å². The van der Waals surface area contributed by atoms with Crippen LogP contribution < -0.4 is 10.6 Å². The highest BCUT2D eigenvalue weighted by Crippen LogP contribution is 2.28. The Bertz CT molecular complexity index is 654. The molecule has 1 heterocycles. The summed E-state index contributed by atoms with van der Waals surface area (Å²) in [5.74, 6) is 1.10. The van der Waals surface area contributed by atoms with Crippen LogP contribution in [0.2, 0.25) is 0 Å². The highest BCUT2D eigenvalue weighted by molar-refractivity contribution is 5.80. The first kappa shape index (κ1) is 19.6. The van der Waals surface area contributed by atoms with Crippen molar-refractivity contribution in [3.05, 3.63) is 35.6 Å².